The molecule has 36 heavy (non-hydrogen) atoms. The molecule has 1 radical (unpaired) electrons. The van der Waals surface area contributed by atoms with Crippen LogP contribution in [0.25, 0.3) is 0 Å². The molecule has 0 saturated heterocycles. The van der Waals surface area contributed by atoms with E-state index in [0.29, 0.717) is 0 Å². The Hall–Kier alpha value is -1.75. The second kappa shape index (κ2) is 16.2. The fourth-order valence-electron chi connectivity index (χ4n) is 4.20. The zero-order valence-electron chi connectivity index (χ0n) is 21.2. The zero-order valence-corrected chi connectivity index (χ0v) is 25.6. The summed E-state index contributed by atoms with van der Waals surface area (Å²) in [5.74, 6) is 0. The van der Waals surface area contributed by atoms with E-state index in [9.17, 15) is 0 Å². The normalized spacial score (nSPS) is 10.9. The molecule has 189 valence electrons. The van der Waals surface area contributed by atoms with E-state index in [1.54, 1.807) is 0 Å². The predicted molar refractivity (Wildman–Crippen MR) is 162 cm³/mol. The number of hydrogen-bond acceptors (Lipinski definition) is 1. The standard InChI is InChI=1S/C30H34P2Si.CH2O.Rh/c1-33(2,25-23-31(27-15-7-3-8-16-27)28-17-9-4-10-18-28)26-24-32(29-19-11-5-12-20-29)30-21-13-6-14-22-30;1-2;/h3-22H,23-26H2,1-2H3;1H2;. The first kappa shape index (κ1) is 30.5. The van der Waals surface area contributed by atoms with Gasteiger partial charge >= 0.3 is 0 Å². The van der Waals surface area contributed by atoms with E-state index in [4.69, 9.17) is 4.79 Å². The van der Waals surface area contributed by atoms with E-state index in [2.05, 4.69) is 134 Å². The van der Waals surface area contributed by atoms with Crippen LogP contribution in [0.2, 0.25) is 25.2 Å². The minimum atomic E-state index is -1.33. The van der Waals surface area contributed by atoms with Gasteiger partial charge in [-0.05, 0) is 49.4 Å². The first-order chi connectivity index (χ1) is 17.1. The van der Waals surface area contributed by atoms with Gasteiger partial charge in [0.25, 0.3) is 0 Å². The Balaban J connectivity index is 0.00000148. The Kier molecular flexibility index (Phi) is 13.7. The van der Waals surface area contributed by atoms with Crippen LogP contribution < -0.4 is 21.2 Å². The summed E-state index contributed by atoms with van der Waals surface area (Å²) >= 11 is 0. The maximum absolute atomic E-state index is 8.00. The topological polar surface area (TPSA) is 17.1 Å². The summed E-state index contributed by atoms with van der Waals surface area (Å²) in [4.78, 5) is 8.00. The van der Waals surface area contributed by atoms with Gasteiger partial charge in [0.1, 0.15) is 6.79 Å². The van der Waals surface area contributed by atoms with Crippen molar-refractivity contribution in [2.24, 2.45) is 0 Å². The van der Waals surface area contributed by atoms with E-state index in [0.717, 1.165) is 0 Å². The minimum absolute atomic E-state index is 0. The summed E-state index contributed by atoms with van der Waals surface area (Å²) in [7, 11) is -1.91. The molecule has 0 aliphatic heterocycles. The van der Waals surface area contributed by atoms with Gasteiger partial charge in [-0.3, -0.25) is 0 Å². The average molecular weight is 618 g/mol. The molecule has 0 unspecified atom stereocenters. The third-order valence-electron chi connectivity index (χ3n) is 6.30. The molecule has 0 fully saturated rings. The van der Waals surface area contributed by atoms with Crippen LogP contribution >= 0.6 is 15.8 Å². The van der Waals surface area contributed by atoms with E-state index >= 15 is 0 Å². The second-order valence-corrected chi connectivity index (χ2v) is 19.3. The van der Waals surface area contributed by atoms with Crippen LogP contribution in [0.15, 0.2) is 121 Å². The summed E-state index contributed by atoms with van der Waals surface area (Å²) in [5, 5.41) is 6.05. The monoisotopic (exact) mass is 617 g/mol. The summed E-state index contributed by atoms with van der Waals surface area (Å²) in [6.07, 6.45) is 2.61. The third-order valence-corrected chi connectivity index (χ3v) is 15.4. The average Bonchev–Trinajstić information content (AvgIpc) is 2.92. The summed E-state index contributed by atoms with van der Waals surface area (Å²) < 4.78 is 0. The summed E-state index contributed by atoms with van der Waals surface area (Å²) in [5.41, 5.74) is 0. The molecule has 0 aromatic heterocycles. The molecule has 0 saturated carbocycles. The van der Waals surface area contributed by atoms with Crippen molar-refractivity contribution < 1.29 is 24.3 Å². The van der Waals surface area contributed by atoms with Gasteiger partial charge in [-0.1, -0.05) is 147 Å². The van der Waals surface area contributed by atoms with Crippen molar-refractivity contribution in [3.05, 3.63) is 121 Å². The van der Waals surface area contributed by atoms with Crippen LogP contribution in [-0.2, 0) is 24.3 Å². The van der Waals surface area contributed by atoms with Gasteiger partial charge < -0.3 is 4.79 Å². The fraction of sp³-hybridized carbons (Fsp3) is 0.194. The van der Waals surface area contributed by atoms with Gasteiger partial charge in [-0.15, -0.1) is 0 Å². The number of rotatable bonds is 10. The Morgan fingerprint density at radius 3 is 0.944 bits per heavy atom. The number of carbonyl (C=O) groups excluding carboxylic acids is 1. The maximum atomic E-state index is 8.00. The second-order valence-electron chi connectivity index (χ2n) is 9.31. The van der Waals surface area contributed by atoms with E-state index in [1.165, 1.54) is 45.6 Å². The Morgan fingerprint density at radius 2 is 0.722 bits per heavy atom. The largest absolute Gasteiger partial charge is 0.307 e. The predicted octanol–water partition coefficient (Wildman–Crippen LogP) is 6.77. The smallest absolute Gasteiger partial charge is 0.106 e. The third kappa shape index (κ3) is 9.28. The van der Waals surface area contributed by atoms with Crippen LogP contribution in [0.1, 0.15) is 0 Å². The molecule has 0 N–H and O–H groups in total. The van der Waals surface area contributed by atoms with Gasteiger partial charge in [0.15, 0.2) is 0 Å². The Bertz CT molecular complexity index is 944. The van der Waals surface area contributed by atoms with Crippen LogP contribution in [0.3, 0.4) is 0 Å². The van der Waals surface area contributed by atoms with E-state index in [1.807, 2.05) is 6.79 Å². The molecule has 0 bridgehead atoms. The molecule has 4 rings (SSSR count). The number of hydrogen-bond donors (Lipinski definition) is 0. The molecule has 5 heteroatoms. The molecule has 0 heterocycles. The Morgan fingerprint density at radius 1 is 0.500 bits per heavy atom. The number of carbonyl (C=O) groups is 1. The van der Waals surface area contributed by atoms with Gasteiger partial charge in [0, 0.05) is 27.6 Å². The van der Waals surface area contributed by atoms with Crippen molar-refractivity contribution in [2.45, 2.75) is 25.2 Å². The number of benzene rings is 4. The SMILES string of the molecule is C=O.C[Si](C)(CCP(c1ccccc1)c1ccccc1)CCP(c1ccccc1)c1ccccc1.[Rh]. The molecule has 4 aromatic rings. The summed E-state index contributed by atoms with van der Waals surface area (Å²) in [6.45, 7) is 7.22. The van der Waals surface area contributed by atoms with Gasteiger partial charge in [-0.2, -0.15) is 0 Å². The fourth-order valence-corrected chi connectivity index (χ4v) is 14.8. The van der Waals surface area contributed by atoms with Gasteiger partial charge in [-0.25, -0.2) is 0 Å². The maximum Gasteiger partial charge on any atom is 0.106 e. The molecule has 0 spiro atoms. The summed E-state index contributed by atoms with van der Waals surface area (Å²) in [6, 6.07) is 47.5. The van der Waals surface area contributed by atoms with Crippen LogP contribution in [0.5, 0.6) is 0 Å². The molecular formula is C31H36OP2RhSi. The van der Waals surface area contributed by atoms with Crippen molar-refractivity contribution in [3.63, 3.8) is 0 Å². The van der Waals surface area contributed by atoms with Crippen LogP contribution in [-0.4, -0.2) is 27.2 Å². The molecule has 0 aliphatic rings. The molecule has 0 atom stereocenters. The van der Waals surface area contributed by atoms with Crippen molar-refractivity contribution in [3.8, 4) is 0 Å². The quantitative estimate of drug-likeness (QED) is 0.142. The van der Waals surface area contributed by atoms with Crippen LogP contribution in [0, 0.1) is 0 Å². The van der Waals surface area contributed by atoms with Crippen LogP contribution in [0.4, 0.5) is 0 Å². The van der Waals surface area contributed by atoms with E-state index in [-0.39, 0.29) is 35.3 Å². The first-order valence-corrected chi connectivity index (χ1v) is 18.6. The molecule has 0 aliphatic carbocycles. The van der Waals surface area contributed by atoms with Crippen molar-refractivity contribution in [1.29, 1.82) is 0 Å². The van der Waals surface area contributed by atoms with Crippen molar-refractivity contribution in [2.75, 3.05) is 12.3 Å². The molecule has 0 amide bonds. The van der Waals surface area contributed by atoms with Crippen molar-refractivity contribution in [1.82, 2.24) is 0 Å². The van der Waals surface area contributed by atoms with Gasteiger partial charge in [0.05, 0.1) is 0 Å². The van der Waals surface area contributed by atoms with E-state index < -0.39 is 8.07 Å². The molecular weight excluding hydrogens is 581 g/mol. The zero-order chi connectivity index (χ0) is 24.9. The molecule has 4 aromatic carbocycles. The Labute approximate surface area is 234 Å². The minimum Gasteiger partial charge on any atom is -0.307 e. The molecule has 1 nitrogen and oxygen atoms in total. The first-order valence-electron chi connectivity index (χ1n) is 12.2. The van der Waals surface area contributed by atoms with Crippen molar-refractivity contribution >= 4 is 51.9 Å². The van der Waals surface area contributed by atoms with Gasteiger partial charge in [0.2, 0.25) is 0 Å².